The van der Waals surface area contributed by atoms with E-state index in [0.717, 1.165) is 71.0 Å². The summed E-state index contributed by atoms with van der Waals surface area (Å²) in [4.78, 5) is 27.6. The van der Waals surface area contributed by atoms with Crippen molar-refractivity contribution in [3.8, 4) is 6.07 Å². The third kappa shape index (κ3) is 6.53. The Kier molecular flexibility index (Phi) is 8.80. The fourth-order valence-corrected chi connectivity index (χ4v) is 8.79. The minimum absolute atomic E-state index is 0.0137. The lowest BCUT2D eigenvalue weighted by Gasteiger charge is -2.54. The van der Waals surface area contributed by atoms with Gasteiger partial charge in [-0.25, -0.2) is 0 Å². The van der Waals surface area contributed by atoms with Gasteiger partial charge in [-0.1, -0.05) is 26.8 Å². The van der Waals surface area contributed by atoms with Gasteiger partial charge in [0.1, 0.15) is 5.78 Å². The van der Waals surface area contributed by atoms with Crippen LogP contribution in [0.3, 0.4) is 0 Å². The zero-order valence-electron chi connectivity index (χ0n) is 24.3. The molecule has 0 radical (unpaired) electrons. The van der Waals surface area contributed by atoms with Gasteiger partial charge < -0.3 is 15.4 Å². The van der Waals surface area contributed by atoms with Crippen molar-refractivity contribution in [1.82, 2.24) is 4.90 Å². The average molecular weight is 526 g/mol. The van der Waals surface area contributed by atoms with E-state index >= 15 is 0 Å². The SMILES string of the molecule is C=C[C@@]1(C[C@@H](C#N)C(C)C(=O)CC23CC(C)CC(C2)CC(C)(OCCN2CCC(C(N)=O)CC2)C3)C[C@@H]1C. The third-order valence-electron chi connectivity index (χ3n) is 10.9. The molecule has 3 aliphatic carbocycles. The number of allylic oxidation sites excluding steroid dienone is 1. The number of likely N-dealkylation sites (tertiary alicyclic amines) is 1. The molecule has 1 saturated heterocycles. The van der Waals surface area contributed by atoms with Crippen LogP contribution in [-0.4, -0.2) is 48.4 Å². The molecule has 6 nitrogen and oxygen atoms in total. The fourth-order valence-electron chi connectivity index (χ4n) is 8.79. The number of fused-ring (bicyclic) bond motifs is 2. The lowest BCUT2D eigenvalue weighted by Crippen LogP contribution is -2.50. The van der Waals surface area contributed by atoms with E-state index in [1.54, 1.807) is 0 Å². The monoisotopic (exact) mass is 525 g/mol. The van der Waals surface area contributed by atoms with E-state index in [9.17, 15) is 14.9 Å². The van der Waals surface area contributed by atoms with Gasteiger partial charge in [0, 0.05) is 24.8 Å². The van der Waals surface area contributed by atoms with Gasteiger partial charge in [0.25, 0.3) is 0 Å². The number of nitrogens with two attached hydrogens (primary N) is 1. The van der Waals surface area contributed by atoms with Crippen LogP contribution in [0, 0.1) is 57.7 Å². The number of ether oxygens (including phenoxy) is 1. The van der Waals surface area contributed by atoms with Crippen molar-refractivity contribution >= 4 is 11.7 Å². The predicted octanol–water partition coefficient (Wildman–Crippen LogP) is 5.51. The standard InChI is InChI=1S/C32H51N3O3/c1-6-32(15-23(32)3)18-27(20-33)24(4)28(36)19-31-14-22(2)13-25(17-31)16-30(5,21-31)38-12-11-35-9-7-26(8-10-35)29(34)37/h6,22-27H,1,7-19,21H2,2-5H3,(H2,34,37)/t22?,23-,24?,25?,27-,30?,31?,32-/m0/s1. The smallest absolute Gasteiger partial charge is 0.220 e. The second-order valence-electron chi connectivity index (χ2n) is 14.2. The van der Waals surface area contributed by atoms with E-state index < -0.39 is 0 Å². The zero-order valence-corrected chi connectivity index (χ0v) is 24.3. The Labute approximate surface area is 230 Å². The fraction of sp³-hybridized carbons (Fsp3) is 0.844. The molecular weight excluding hydrogens is 474 g/mol. The molecule has 2 bridgehead atoms. The maximum absolute atomic E-state index is 13.7. The Morgan fingerprint density at radius 3 is 2.47 bits per heavy atom. The van der Waals surface area contributed by atoms with Gasteiger partial charge in [-0.3, -0.25) is 9.59 Å². The Morgan fingerprint density at radius 1 is 1.21 bits per heavy atom. The zero-order chi connectivity index (χ0) is 27.7. The van der Waals surface area contributed by atoms with Crippen molar-refractivity contribution in [2.75, 3.05) is 26.2 Å². The molecular formula is C32H51N3O3. The third-order valence-corrected chi connectivity index (χ3v) is 10.9. The van der Waals surface area contributed by atoms with Crippen LogP contribution < -0.4 is 5.73 Å². The number of rotatable bonds is 12. The van der Waals surface area contributed by atoms with Gasteiger partial charge in [0.05, 0.1) is 24.2 Å². The number of nitriles is 1. The molecule has 1 heterocycles. The molecule has 0 aromatic heterocycles. The van der Waals surface area contributed by atoms with E-state index in [0.29, 0.717) is 30.8 Å². The lowest BCUT2D eigenvalue weighted by atomic mass is 9.53. The average Bonchev–Trinajstić information content (AvgIpc) is 3.50. The van der Waals surface area contributed by atoms with Crippen molar-refractivity contribution in [2.45, 2.75) is 97.5 Å². The number of amides is 1. The van der Waals surface area contributed by atoms with E-state index in [1.165, 1.54) is 6.42 Å². The van der Waals surface area contributed by atoms with Crippen molar-refractivity contribution in [3.63, 3.8) is 0 Å². The number of ketones is 1. The molecule has 2 N–H and O–H groups in total. The van der Waals surface area contributed by atoms with Gasteiger partial charge in [-0.05, 0) is 106 Å². The van der Waals surface area contributed by atoms with Gasteiger partial charge in [0.15, 0.2) is 0 Å². The topological polar surface area (TPSA) is 96.4 Å². The Balaban J connectivity index is 1.36. The quantitative estimate of drug-likeness (QED) is 0.339. The first-order valence-electron chi connectivity index (χ1n) is 15.1. The number of hydrogen-bond donors (Lipinski definition) is 1. The minimum atomic E-state index is -0.247. The lowest BCUT2D eigenvalue weighted by molar-refractivity contribution is -0.146. The van der Waals surface area contributed by atoms with Crippen molar-refractivity contribution < 1.29 is 14.3 Å². The molecule has 1 amide bonds. The first-order chi connectivity index (χ1) is 17.9. The number of carbonyl (C=O) groups is 2. The molecule has 5 unspecified atom stereocenters. The summed E-state index contributed by atoms with van der Waals surface area (Å²) in [6, 6.07) is 2.49. The van der Waals surface area contributed by atoms with Crippen molar-refractivity contribution in [2.24, 2.45) is 52.1 Å². The Morgan fingerprint density at radius 2 is 1.89 bits per heavy atom. The second kappa shape index (κ2) is 11.4. The number of piperidine rings is 1. The van der Waals surface area contributed by atoms with Crippen LogP contribution in [0.4, 0.5) is 0 Å². The number of nitrogens with zero attached hydrogens (tertiary/aromatic N) is 2. The molecule has 38 heavy (non-hydrogen) atoms. The summed E-state index contributed by atoms with van der Waals surface area (Å²) in [7, 11) is 0. The van der Waals surface area contributed by atoms with Crippen LogP contribution in [0.15, 0.2) is 12.7 Å². The Bertz CT molecular complexity index is 933. The van der Waals surface area contributed by atoms with Crippen LogP contribution in [-0.2, 0) is 14.3 Å². The molecule has 8 atom stereocenters. The summed E-state index contributed by atoms with van der Waals surface area (Å²) < 4.78 is 6.65. The predicted molar refractivity (Wildman–Crippen MR) is 150 cm³/mol. The molecule has 0 spiro atoms. The summed E-state index contributed by atoms with van der Waals surface area (Å²) >= 11 is 0. The van der Waals surface area contributed by atoms with Crippen molar-refractivity contribution in [1.29, 1.82) is 5.26 Å². The maximum Gasteiger partial charge on any atom is 0.220 e. The Hall–Kier alpha value is -1.71. The summed E-state index contributed by atoms with van der Waals surface area (Å²) in [5.41, 5.74) is 5.29. The summed E-state index contributed by atoms with van der Waals surface area (Å²) in [6.45, 7) is 16.2. The van der Waals surface area contributed by atoms with E-state index in [2.05, 4.69) is 38.3 Å². The minimum Gasteiger partial charge on any atom is -0.374 e. The normalized spacial score (nSPS) is 39.1. The van der Waals surface area contributed by atoms with E-state index in [4.69, 9.17) is 10.5 Å². The van der Waals surface area contributed by atoms with Crippen LogP contribution >= 0.6 is 0 Å². The number of hydrogen-bond acceptors (Lipinski definition) is 5. The van der Waals surface area contributed by atoms with Gasteiger partial charge in [0.2, 0.25) is 5.91 Å². The van der Waals surface area contributed by atoms with Crippen molar-refractivity contribution in [3.05, 3.63) is 12.7 Å². The van der Waals surface area contributed by atoms with Gasteiger partial charge in [-0.15, -0.1) is 6.58 Å². The van der Waals surface area contributed by atoms with Crippen LogP contribution in [0.25, 0.3) is 0 Å². The molecule has 6 heteroatoms. The first-order valence-corrected chi connectivity index (χ1v) is 15.1. The molecule has 1 aliphatic heterocycles. The van der Waals surface area contributed by atoms with E-state index in [-0.39, 0.29) is 45.9 Å². The molecule has 4 aliphatic rings. The number of carbonyl (C=O) groups excluding carboxylic acids is 2. The highest BCUT2D eigenvalue weighted by molar-refractivity contribution is 5.82. The van der Waals surface area contributed by atoms with E-state index in [1.807, 2.05) is 13.0 Å². The molecule has 3 saturated carbocycles. The highest BCUT2D eigenvalue weighted by atomic mass is 16.5. The molecule has 4 rings (SSSR count). The van der Waals surface area contributed by atoms with Crippen LogP contribution in [0.2, 0.25) is 0 Å². The maximum atomic E-state index is 13.7. The second-order valence-corrected chi connectivity index (χ2v) is 14.2. The molecule has 0 aromatic rings. The number of Topliss-reactive ketones (excluding diaryl/α,β-unsaturated/α-hetero) is 1. The van der Waals surface area contributed by atoms with Gasteiger partial charge in [-0.2, -0.15) is 5.26 Å². The molecule has 212 valence electrons. The number of primary amides is 1. The van der Waals surface area contributed by atoms with Crippen LogP contribution in [0.1, 0.15) is 91.9 Å². The highest BCUT2D eigenvalue weighted by Crippen LogP contribution is 2.59. The first kappa shape index (κ1) is 29.3. The molecule has 0 aromatic carbocycles. The summed E-state index contributed by atoms with van der Waals surface area (Å²) in [5.74, 6) is 1.39. The largest absolute Gasteiger partial charge is 0.374 e. The summed E-state index contributed by atoms with van der Waals surface area (Å²) in [6.07, 6.45) is 11.5. The van der Waals surface area contributed by atoms with Crippen LogP contribution in [0.5, 0.6) is 0 Å². The molecule has 4 fully saturated rings. The van der Waals surface area contributed by atoms with Gasteiger partial charge >= 0.3 is 0 Å². The summed E-state index contributed by atoms with van der Waals surface area (Å²) in [5, 5.41) is 9.99. The highest BCUT2D eigenvalue weighted by Gasteiger charge is 2.53.